The number of carbonyl (C=O) groups excluding carboxylic acids is 2. The van der Waals surface area contributed by atoms with Gasteiger partial charge in [0.2, 0.25) is 5.91 Å². The van der Waals surface area contributed by atoms with Crippen LogP contribution in [0.1, 0.15) is 29.8 Å². The number of thiazole rings is 1. The first kappa shape index (κ1) is 17.9. The summed E-state index contributed by atoms with van der Waals surface area (Å²) in [5.74, 6) is 0.250. The van der Waals surface area contributed by atoms with Crippen molar-refractivity contribution in [2.24, 2.45) is 29.2 Å². The standard InChI is InChI=1S/C16H19N5O2S.ClH/c17-13-8-2-1-7(3-8)12(13)15(23)21-16-20-11(6-24-16)9-4-10(14(18)22)19-5-9;/h4-8,12-13,19H,1-3,17H2,(H2,18,22)(H,20,21,23);1H. The van der Waals surface area contributed by atoms with Crippen LogP contribution in [0.2, 0.25) is 0 Å². The van der Waals surface area contributed by atoms with Crippen LogP contribution in [0, 0.1) is 17.8 Å². The van der Waals surface area contributed by atoms with Gasteiger partial charge in [0, 0.05) is 23.2 Å². The minimum Gasteiger partial charge on any atom is -0.364 e. The van der Waals surface area contributed by atoms with Gasteiger partial charge in [0.1, 0.15) is 5.69 Å². The number of nitrogens with zero attached hydrogens (tertiary/aromatic N) is 1. The van der Waals surface area contributed by atoms with E-state index < -0.39 is 5.91 Å². The number of halogens is 1. The Hall–Kier alpha value is -1.90. The summed E-state index contributed by atoms with van der Waals surface area (Å²) in [5, 5.41) is 5.29. The van der Waals surface area contributed by atoms with Gasteiger partial charge in [-0.15, -0.1) is 23.7 Å². The lowest BCUT2D eigenvalue weighted by atomic mass is 9.84. The van der Waals surface area contributed by atoms with Crippen LogP contribution in [-0.2, 0) is 4.79 Å². The van der Waals surface area contributed by atoms with Gasteiger partial charge in [-0.3, -0.25) is 9.59 Å². The molecule has 6 N–H and O–H groups in total. The summed E-state index contributed by atoms with van der Waals surface area (Å²) in [5.41, 5.74) is 13.2. The van der Waals surface area contributed by atoms with E-state index in [1.165, 1.54) is 11.3 Å². The van der Waals surface area contributed by atoms with Crippen LogP contribution in [0.5, 0.6) is 0 Å². The molecular formula is C16H20ClN5O2S. The number of primary amides is 1. The molecule has 2 saturated carbocycles. The van der Waals surface area contributed by atoms with Gasteiger partial charge in [0.15, 0.2) is 5.13 Å². The summed E-state index contributed by atoms with van der Waals surface area (Å²) in [7, 11) is 0. The van der Waals surface area contributed by atoms with E-state index in [9.17, 15) is 9.59 Å². The van der Waals surface area contributed by atoms with Gasteiger partial charge in [-0.1, -0.05) is 0 Å². The molecule has 0 aliphatic heterocycles. The number of rotatable bonds is 4. The Kier molecular flexibility index (Phi) is 4.86. The van der Waals surface area contributed by atoms with E-state index >= 15 is 0 Å². The third kappa shape index (κ3) is 3.17. The average molecular weight is 382 g/mol. The van der Waals surface area contributed by atoms with Crippen LogP contribution in [0.4, 0.5) is 5.13 Å². The van der Waals surface area contributed by atoms with Gasteiger partial charge >= 0.3 is 0 Å². The third-order valence-corrected chi connectivity index (χ3v) is 6.02. The van der Waals surface area contributed by atoms with Crippen molar-refractivity contribution in [2.75, 3.05) is 5.32 Å². The lowest BCUT2D eigenvalue weighted by Gasteiger charge is -2.26. The Balaban J connectivity index is 0.00000182. The van der Waals surface area contributed by atoms with Crippen molar-refractivity contribution in [2.45, 2.75) is 25.3 Å². The minimum absolute atomic E-state index is 0. The summed E-state index contributed by atoms with van der Waals surface area (Å²) in [6.07, 6.45) is 4.99. The zero-order valence-electron chi connectivity index (χ0n) is 13.4. The molecule has 4 atom stereocenters. The van der Waals surface area contributed by atoms with Crippen LogP contribution in [0.25, 0.3) is 11.3 Å². The second-order valence-electron chi connectivity index (χ2n) is 6.63. The van der Waals surface area contributed by atoms with E-state index in [-0.39, 0.29) is 30.3 Å². The monoisotopic (exact) mass is 381 g/mol. The maximum Gasteiger partial charge on any atom is 0.265 e. The summed E-state index contributed by atoms with van der Waals surface area (Å²) >= 11 is 1.36. The summed E-state index contributed by atoms with van der Waals surface area (Å²) in [4.78, 5) is 30.9. The number of carbonyl (C=O) groups is 2. The Labute approximate surface area is 155 Å². The van der Waals surface area contributed by atoms with Crippen molar-refractivity contribution in [1.29, 1.82) is 0 Å². The number of H-pyrrole nitrogens is 1. The Morgan fingerprint density at radius 1 is 1.32 bits per heavy atom. The lowest BCUT2D eigenvalue weighted by Crippen LogP contribution is -2.42. The molecule has 2 aliphatic carbocycles. The molecule has 2 bridgehead atoms. The molecule has 2 aliphatic rings. The average Bonchev–Trinajstić information content (AvgIpc) is 3.30. The molecule has 25 heavy (non-hydrogen) atoms. The van der Waals surface area contributed by atoms with Gasteiger partial charge in [-0.25, -0.2) is 4.98 Å². The maximum absolute atomic E-state index is 12.6. The molecule has 4 rings (SSSR count). The van der Waals surface area contributed by atoms with E-state index in [4.69, 9.17) is 11.5 Å². The number of anilines is 1. The predicted molar refractivity (Wildman–Crippen MR) is 98.6 cm³/mol. The fraction of sp³-hybridized carbons (Fsp3) is 0.438. The topological polar surface area (TPSA) is 127 Å². The van der Waals surface area contributed by atoms with E-state index in [0.717, 1.165) is 24.8 Å². The number of hydrogen-bond acceptors (Lipinski definition) is 5. The molecule has 2 amide bonds. The highest BCUT2D eigenvalue weighted by atomic mass is 35.5. The van der Waals surface area contributed by atoms with Crippen molar-refractivity contribution < 1.29 is 9.59 Å². The molecule has 2 heterocycles. The zero-order valence-corrected chi connectivity index (χ0v) is 15.0. The molecule has 2 aromatic rings. The number of nitrogens with one attached hydrogen (secondary N) is 2. The molecule has 7 nitrogen and oxygen atoms in total. The first-order valence-corrected chi connectivity index (χ1v) is 8.91. The van der Waals surface area contributed by atoms with Gasteiger partial charge in [-0.05, 0) is 37.2 Å². The zero-order chi connectivity index (χ0) is 16.8. The summed E-state index contributed by atoms with van der Waals surface area (Å²) in [6, 6.07) is 1.61. The minimum atomic E-state index is -0.518. The molecule has 4 unspecified atom stereocenters. The van der Waals surface area contributed by atoms with E-state index in [1.807, 2.05) is 5.38 Å². The number of amides is 2. The van der Waals surface area contributed by atoms with Crippen molar-refractivity contribution in [3.63, 3.8) is 0 Å². The lowest BCUT2D eigenvalue weighted by molar-refractivity contribution is -0.121. The second-order valence-corrected chi connectivity index (χ2v) is 7.49. The van der Waals surface area contributed by atoms with Crippen molar-refractivity contribution in [1.82, 2.24) is 9.97 Å². The fourth-order valence-corrected chi connectivity index (χ4v) is 4.78. The van der Waals surface area contributed by atoms with E-state index in [2.05, 4.69) is 15.3 Å². The van der Waals surface area contributed by atoms with Gasteiger partial charge in [-0.2, -0.15) is 0 Å². The van der Waals surface area contributed by atoms with Crippen LogP contribution >= 0.6 is 23.7 Å². The van der Waals surface area contributed by atoms with Gasteiger partial charge in [0.25, 0.3) is 5.91 Å². The van der Waals surface area contributed by atoms with Crippen LogP contribution in [0.3, 0.4) is 0 Å². The molecule has 134 valence electrons. The third-order valence-electron chi connectivity index (χ3n) is 5.26. The quantitative estimate of drug-likeness (QED) is 0.645. The Bertz CT molecular complexity index is 802. The highest BCUT2D eigenvalue weighted by Crippen LogP contribution is 2.48. The molecule has 0 aromatic carbocycles. The highest BCUT2D eigenvalue weighted by molar-refractivity contribution is 7.14. The SMILES string of the molecule is Cl.NC(=O)c1cc(-c2csc(NC(=O)C3C4CCC(C4)C3N)n2)c[nH]1. The number of aromatic nitrogens is 2. The van der Waals surface area contributed by atoms with Crippen LogP contribution in [-0.4, -0.2) is 27.8 Å². The van der Waals surface area contributed by atoms with Crippen molar-refractivity contribution in [3.8, 4) is 11.3 Å². The number of nitrogens with two attached hydrogens (primary N) is 2. The van der Waals surface area contributed by atoms with Crippen LogP contribution in [0.15, 0.2) is 17.6 Å². The second kappa shape index (κ2) is 6.78. The summed E-state index contributed by atoms with van der Waals surface area (Å²) < 4.78 is 0. The molecule has 0 radical (unpaired) electrons. The number of aromatic amines is 1. The van der Waals surface area contributed by atoms with Crippen molar-refractivity contribution >= 4 is 40.7 Å². The van der Waals surface area contributed by atoms with E-state index in [0.29, 0.717) is 28.4 Å². The molecule has 0 saturated heterocycles. The first-order chi connectivity index (χ1) is 11.5. The summed E-state index contributed by atoms with van der Waals surface area (Å²) in [6.45, 7) is 0. The number of hydrogen-bond donors (Lipinski definition) is 4. The predicted octanol–water partition coefficient (Wildman–Crippen LogP) is 1.97. The fourth-order valence-electron chi connectivity index (χ4n) is 4.06. The van der Waals surface area contributed by atoms with Crippen LogP contribution < -0.4 is 16.8 Å². The molecular weight excluding hydrogens is 362 g/mol. The number of fused-ring (bicyclic) bond motifs is 2. The maximum atomic E-state index is 12.6. The molecule has 0 spiro atoms. The largest absolute Gasteiger partial charge is 0.364 e. The highest BCUT2D eigenvalue weighted by Gasteiger charge is 2.49. The molecule has 2 fully saturated rings. The molecule has 9 heteroatoms. The Morgan fingerprint density at radius 3 is 2.72 bits per heavy atom. The molecule has 2 aromatic heterocycles. The smallest absolute Gasteiger partial charge is 0.265 e. The van der Waals surface area contributed by atoms with Gasteiger partial charge in [0.05, 0.1) is 11.6 Å². The first-order valence-electron chi connectivity index (χ1n) is 8.03. The van der Waals surface area contributed by atoms with Gasteiger partial charge < -0.3 is 21.8 Å². The Morgan fingerprint density at radius 2 is 2.08 bits per heavy atom. The normalized spacial score (nSPS) is 27.1. The van der Waals surface area contributed by atoms with Crippen molar-refractivity contribution in [3.05, 3.63) is 23.3 Å². The van der Waals surface area contributed by atoms with E-state index in [1.54, 1.807) is 12.3 Å².